The van der Waals surface area contributed by atoms with Gasteiger partial charge in [-0.3, -0.25) is 4.79 Å². The van der Waals surface area contributed by atoms with Crippen LogP contribution < -0.4 is 0 Å². The SMILES string of the molecule is CC(C)(C)c1cc2oc3c(-c4nccc5c(C(F)(F)F)csc45)[c-]c(C(F)(F)F)cc3c2cc1F.CCC(CC)C(=O)/C=C(\O)C(CC)CC.[CH3-].[Ir]. The van der Waals surface area contributed by atoms with Crippen molar-refractivity contribution in [3.8, 4) is 11.3 Å². The summed E-state index contributed by atoms with van der Waals surface area (Å²) in [6, 6.07) is 6.77. The average Bonchev–Trinajstić information content (AvgIpc) is 3.63. The van der Waals surface area contributed by atoms with E-state index >= 15 is 0 Å². The summed E-state index contributed by atoms with van der Waals surface area (Å²) in [7, 11) is 0. The number of benzene rings is 2. The van der Waals surface area contributed by atoms with Crippen LogP contribution in [0.2, 0.25) is 0 Å². The zero-order valence-electron chi connectivity index (χ0n) is 30.1. The zero-order valence-corrected chi connectivity index (χ0v) is 33.3. The van der Waals surface area contributed by atoms with Crippen molar-refractivity contribution in [2.75, 3.05) is 0 Å². The molecule has 287 valence electrons. The first kappa shape index (κ1) is 44.9. The van der Waals surface area contributed by atoms with Gasteiger partial charge in [-0.15, -0.1) is 12.1 Å². The Kier molecular flexibility index (Phi) is 14.9. The molecule has 0 atom stereocenters. The predicted octanol–water partition coefficient (Wildman–Crippen LogP) is 13.5. The maximum Gasteiger partial charge on any atom is 0.417 e. The Balaban J connectivity index is 0.000000472. The smallest absolute Gasteiger partial charge is 0.417 e. The van der Waals surface area contributed by atoms with Gasteiger partial charge in [0.1, 0.15) is 11.4 Å². The third-order valence-electron chi connectivity index (χ3n) is 8.82. The molecular weight excluding hydrogens is 888 g/mol. The molecule has 52 heavy (non-hydrogen) atoms. The van der Waals surface area contributed by atoms with Gasteiger partial charge >= 0.3 is 12.4 Å². The maximum absolute atomic E-state index is 14.9. The fourth-order valence-electron chi connectivity index (χ4n) is 5.87. The van der Waals surface area contributed by atoms with Gasteiger partial charge in [-0.2, -0.15) is 37.7 Å². The average molecular weight is 930 g/mol. The first-order valence-electron chi connectivity index (χ1n) is 16.3. The molecule has 0 spiro atoms. The van der Waals surface area contributed by atoms with E-state index in [2.05, 4.69) is 11.1 Å². The van der Waals surface area contributed by atoms with E-state index < -0.39 is 34.7 Å². The molecule has 0 fully saturated rings. The molecule has 0 aliphatic rings. The van der Waals surface area contributed by atoms with E-state index in [-0.39, 0.29) is 94.2 Å². The van der Waals surface area contributed by atoms with Gasteiger partial charge in [0, 0.05) is 65.4 Å². The van der Waals surface area contributed by atoms with Gasteiger partial charge in [-0.25, -0.2) is 4.39 Å². The molecule has 13 heteroatoms. The first-order chi connectivity index (χ1) is 23.3. The quantitative estimate of drug-likeness (QED) is 0.0729. The number of allylic oxidation sites excluding steroid dienone is 2. The number of aliphatic hydroxyl groups excluding tert-OH is 1. The molecule has 3 heterocycles. The Morgan fingerprint density at radius 1 is 0.904 bits per heavy atom. The van der Waals surface area contributed by atoms with Crippen LogP contribution in [0.25, 0.3) is 43.3 Å². The predicted molar refractivity (Wildman–Crippen MR) is 190 cm³/mol. The molecule has 0 amide bonds. The van der Waals surface area contributed by atoms with E-state index in [1.807, 2.05) is 27.7 Å². The molecule has 0 unspecified atom stereocenters. The minimum atomic E-state index is -4.82. The van der Waals surface area contributed by atoms with Crippen LogP contribution in [0, 0.1) is 31.1 Å². The second-order valence-corrected chi connectivity index (χ2v) is 14.0. The summed E-state index contributed by atoms with van der Waals surface area (Å²) in [6.45, 7) is 13.4. The Bertz CT molecular complexity index is 2030. The number of thiophene rings is 1. The topological polar surface area (TPSA) is 63.3 Å². The number of furan rings is 1. The fourth-order valence-corrected chi connectivity index (χ4v) is 6.94. The number of rotatable bonds is 8. The van der Waals surface area contributed by atoms with Gasteiger partial charge in [0.05, 0.1) is 16.9 Å². The molecule has 0 saturated heterocycles. The molecule has 4 nitrogen and oxygen atoms in total. The largest absolute Gasteiger partial charge is 0.512 e. The minimum absolute atomic E-state index is 0. The van der Waals surface area contributed by atoms with Crippen LogP contribution in [-0.4, -0.2) is 15.9 Å². The molecule has 0 aliphatic heterocycles. The first-order valence-corrected chi connectivity index (χ1v) is 17.2. The Morgan fingerprint density at radius 3 is 2.02 bits per heavy atom. The summed E-state index contributed by atoms with van der Waals surface area (Å²) >= 11 is 0.714. The van der Waals surface area contributed by atoms with Crippen LogP contribution in [0.3, 0.4) is 0 Å². The van der Waals surface area contributed by atoms with Gasteiger partial charge in [-0.1, -0.05) is 59.4 Å². The number of hydrogen-bond acceptors (Lipinski definition) is 5. The standard InChI is InChI=1S/C25H15F7NOS.C13H24O2.CH3.Ir/c1-23(2,3)16-9-19-13(8-18(16)26)14-6-11(24(27,28)29)7-15(21(14)34-19)20-22-12(4-5-33-20)17(10-35-22)25(30,31)32;1-5-10(6-2)12(14)9-13(15)11(7-3)8-4;;/h4-6,8-10H,1-3H3;9-11,14H,5-8H2,1-4H3;1H3;/q-1;;-1;/b;12-9-;;. The summed E-state index contributed by atoms with van der Waals surface area (Å²) in [5.74, 6) is -0.0601. The van der Waals surface area contributed by atoms with E-state index in [0.717, 1.165) is 55.5 Å². The normalized spacial score (nSPS) is 12.7. The number of ketones is 1. The zero-order chi connectivity index (χ0) is 37.3. The molecule has 0 bridgehead atoms. The number of hydrogen-bond donors (Lipinski definition) is 1. The van der Waals surface area contributed by atoms with Crippen LogP contribution in [0.5, 0.6) is 0 Å². The Hall–Kier alpha value is -3.28. The Morgan fingerprint density at radius 2 is 1.50 bits per heavy atom. The molecule has 3 aromatic heterocycles. The van der Waals surface area contributed by atoms with Crippen molar-refractivity contribution < 1.29 is 65.2 Å². The van der Waals surface area contributed by atoms with Crippen molar-refractivity contribution in [2.24, 2.45) is 11.8 Å². The van der Waals surface area contributed by atoms with Crippen molar-refractivity contribution >= 4 is 49.1 Å². The number of alkyl halides is 6. The van der Waals surface area contributed by atoms with E-state index in [1.165, 1.54) is 12.1 Å². The maximum atomic E-state index is 14.9. The van der Waals surface area contributed by atoms with E-state index in [1.54, 1.807) is 20.8 Å². The van der Waals surface area contributed by atoms with Crippen LogP contribution in [0.4, 0.5) is 30.7 Å². The number of fused-ring (bicyclic) bond motifs is 4. The number of aliphatic hydroxyl groups is 1. The Labute approximate surface area is 316 Å². The number of nitrogens with zero attached hydrogens (tertiary/aromatic N) is 1. The van der Waals surface area contributed by atoms with Crippen LogP contribution >= 0.6 is 11.3 Å². The van der Waals surface area contributed by atoms with Crippen LogP contribution in [-0.2, 0) is 42.7 Å². The van der Waals surface area contributed by atoms with Crippen molar-refractivity contribution in [3.63, 3.8) is 0 Å². The molecule has 0 aliphatic carbocycles. The van der Waals surface area contributed by atoms with Crippen molar-refractivity contribution in [2.45, 2.75) is 91.9 Å². The summed E-state index contributed by atoms with van der Waals surface area (Å²) in [4.78, 5) is 15.8. The fraction of sp³-hybridized carbons (Fsp3) is 0.410. The molecule has 5 rings (SSSR count). The molecule has 1 radical (unpaired) electrons. The monoisotopic (exact) mass is 930 g/mol. The van der Waals surface area contributed by atoms with E-state index in [9.17, 15) is 40.6 Å². The van der Waals surface area contributed by atoms with E-state index in [0.29, 0.717) is 16.9 Å². The van der Waals surface area contributed by atoms with Crippen LogP contribution in [0.15, 0.2) is 52.1 Å². The van der Waals surface area contributed by atoms with Crippen molar-refractivity contribution in [1.82, 2.24) is 4.98 Å². The molecule has 2 aromatic carbocycles. The van der Waals surface area contributed by atoms with Gasteiger partial charge in [0.15, 0.2) is 5.78 Å². The number of pyridine rings is 1. The second-order valence-electron chi connectivity index (χ2n) is 13.2. The third-order valence-corrected chi connectivity index (χ3v) is 9.82. The number of carbonyl (C=O) groups excluding carboxylic acids is 1. The summed E-state index contributed by atoms with van der Waals surface area (Å²) in [5, 5.41) is 10.5. The van der Waals surface area contributed by atoms with Gasteiger partial charge in [-0.05, 0) is 65.8 Å². The van der Waals surface area contributed by atoms with Gasteiger partial charge in [0.25, 0.3) is 0 Å². The van der Waals surface area contributed by atoms with Crippen LogP contribution in [0.1, 0.15) is 90.8 Å². The van der Waals surface area contributed by atoms with Gasteiger partial charge in [0.2, 0.25) is 0 Å². The van der Waals surface area contributed by atoms with Crippen molar-refractivity contribution in [3.05, 3.63) is 83.7 Å². The second kappa shape index (κ2) is 17.2. The van der Waals surface area contributed by atoms with Crippen molar-refractivity contribution in [1.29, 1.82) is 0 Å². The molecule has 0 saturated carbocycles. The molecule has 1 N–H and O–H groups in total. The minimum Gasteiger partial charge on any atom is -0.512 e. The third kappa shape index (κ3) is 9.44. The van der Waals surface area contributed by atoms with E-state index in [4.69, 9.17) is 4.42 Å². The number of aromatic nitrogens is 1. The molecular formula is C39H42F7IrNO3S-2. The number of halogens is 7. The van der Waals surface area contributed by atoms with Gasteiger partial charge < -0.3 is 21.9 Å². The summed E-state index contributed by atoms with van der Waals surface area (Å²) in [5.41, 5.74) is -2.68. The molecule has 5 aromatic rings. The number of carbonyl (C=O) groups is 1. The summed E-state index contributed by atoms with van der Waals surface area (Å²) < 4.78 is 103. The summed E-state index contributed by atoms with van der Waals surface area (Å²) in [6.07, 6.45) is -3.47.